The molecule has 2 atom stereocenters. The number of hydrogen-bond donors (Lipinski definition) is 2. The van der Waals surface area contributed by atoms with E-state index >= 15 is 0 Å². The smallest absolute Gasteiger partial charge is 0.222 e. The van der Waals surface area contributed by atoms with Crippen molar-refractivity contribution in [3.63, 3.8) is 0 Å². The molecule has 1 aliphatic rings. The number of carbonyl (C=O) groups excluding carboxylic acids is 1. The van der Waals surface area contributed by atoms with E-state index < -0.39 is 6.10 Å². The number of aliphatic hydroxyl groups is 2. The predicted molar refractivity (Wildman–Crippen MR) is 82.1 cm³/mol. The van der Waals surface area contributed by atoms with E-state index in [9.17, 15) is 15.0 Å². The van der Waals surface area contributed by atoms with Crippen molar-refractivity contribution in [1.29, 1.82) is 5.26 Å². The van der Waals surface area contributed by atoms with Crippen LogP contribution in [0.3, 0.4) is 0 Å². The summed E-state index contributed by atoms with van der Waals surface area (Å²) in [5.41, 5.74) is 1.96. The molecular formula is C16H21N3O3. The van der Waals surface area contributed by atoms with Gasteiger partial charge in [0.2, 0.25) is 5.91 Å². The Labute approximate surface area is 130 Å². The average molecular weight is 303 g/mol. The van der Waals surface area contributed by atoms with Crippen LogP contribution in [0.5, 0.6) is 0 Å². The molecule has 0 saturated carbocycles. The van der Waals surface area contributed by atoms with Gasteiger partial charge in [0, 0.05) is 50.8 Å². The monoisotopic (exact) mass is 303 g/mol. The zero-order chi connectivity index (χ0) is 16.3. The van der Waals surface area contributed by atoms with Crippen LogP contribution < -0.4 is 4.90 Å². The zero-order valence-electron chi connectivity index (χ0n) is 12.9. The third kappa shape index (κ3) is 3.38. The van der Waals surface area contributed by atoms with Gasteiger partial charge in [-0.05, 0) is 18.2 Å². The Bertz CT molecular complexity index is 595. The fourth-order valence-electron chi connectivity index (χ4n) is 2.75. The number of aliphatic hydroxyl groups excluding tert-OH is 2. The van der Waals surface area contributed by atoms with Gasteiger partial charge in [0.05, 0.1) is 24.3 Å². The van der Waals surface area contributed by atoms with Gasteiger partial charge in [-0.25, -0.2) is 0 Å². The number of amides is 1. The van der Waals surface area contributed by atoms with E-state index in [1.807, 2.05) is 11.0 Å². The normalized spacial score (nSPS) is 20.8. The minimum absolute atomic E-state index is 0.00638. The molecule has 1 aromatic rings. The number of rotatable bonds is 4. The van der Waals surface area contributed by atoms with Crippen LogP contribution in [-0.4, -0.2) is 54.3 Å². The van der Waals surface area contributed by atoms with Crippen molar-refractivity contribution in [1.82, 2.24) is 4.90 Å². The van der Waals surface area contributed by atoms with Crippen LogP contribution >= 0.6 is 0 Å². The molecule has 1 saturated heterocycles. The number of carbonyl (C=O) groups is 1. The lowest BCUT2D eigenvalue weighted by Gasteiger charge is -2.21. The Hall–Kier alpha value is -2.10. The van der Waals surface area contributed by atoms with Crippen LogP contribution in [0.25, 0.3) is 0 Å². The summed E-state index contributed by atoms with van der Waals surface area (Å²) < 4.78 is 0. The van der Waals surface area contributed by atoms with Crippen molar-refractivity contribution in [2.75, 3.05) is 32.1 Å². The molecule has 2 rings (SSSR count). The van der Waals surface area contributed by atoms with Gasteiger partial charge in [0.1, 0.15) is 0 Å². The lowest BCUT2D eigenvalue weighted by Crippen LogP contribution is -2.28. The highest BCUT2D eigenvalue weighted by Gasteiger charge is 2.34. The molecule has 6 nitrogen and oxygen atoms in total. The number of hydrogen-bond acceptors (Lipinski definition) is 5. The van der Waals surface area contributed by atoms with Crippen molar-refractivity contribution < 1.29 is 15.0 Å². The molecule has 1 fully saturated rings. The maximum absolute atomic E-state index is 11.8. The molecule has 118 valence electrons. The molecule has 0 spiro atoms. The van der Waals surface area contributed by atoms with Crippen LogP contribution in [-0.2, 0) is 11.4 Å². The molecule has 22 heavy (non-hydrogen) atoms. The summed E-state index contributed by atoms with van der Waals surface area (Å²) in [6.07, 6.45) is -0.277. The first-order valence-corrected chi connectivity index (χ1v) is 7.23. The van der Waals surface area contributed by atoms with E-state index in [2.05, 4.69) is 0 Å². The van der Waals surface area contributed by atoms with E-state index in [0.29, 0.717) is 30.6 Å². The second-order valence-corrected chi connectivity index (χ2v) is 5.84. The van der Waals surface area contributed by atoms with E-state index in [0.717, 1.165) is 5.69 Å². The third-order valence-corrected chi connectivity index (χ3v) is 4.06. The molecule has 1 amide bonds. The first kappa shape index (κ1) is 16.3. The Morgan fingerprint density at radius 2 is 2.18 bits per heavy atom. The molecule has 0 aliphatic carbocycles. The Balaban J connectivity index is 2.15. The van der Waals surface area contributed by atoms with Gasteiger partial charge in [-0.3, -0.25) is 4.79 Å². The van der Waals surface area contributed by atoms with Gasteiger partial charge in [-0.1, -0.05) is 0 Å². The maximum Gasteiger partial charge on any atom is 0.222 e. The average Bonchev–Trinajstić information content (AvgIpc) is 2.87. The summed E-state index contributed by atoms with van der Waals surface area (Å²) in [7, 11) is 3.40. The Morgan fingerprint density at radius 1 is 1.45 bits per heavy atom. The summed E-state index contributed by atoms with van der Waals surface area (Å²) in [6.45, 7) is 0.808. The van der Waals surface area contributed by atoms with Crippen LogP contribution in [0.1, 0.15) is 17.5 Å². The van der Waals surface area contributed by atoms with Gasteiger partial charge >= 0.3 is 0 Å². The molecule has 0 unspecified atom stereocenters. The number of anilines is 1. The predicted octanol–water partition coefficient (Wildman–Crippen LogP) is 0.326. The number of β-amino-alcohol motifs (C(OH)–C–C–N with tert-alkyl or cyclic N) is 1. The fraction of sp³-hybridized carbons (Fsp3) is 0.500. The van der Waals surface area contributed by atoms with E-state index in [1.54, 1.807) is 32.3 Å². The standard InChI is InChI=1S/C16H21N3O3/c1-18(2)16(22)6-12-8-19(9-15(12)21)14-4-3-11(7-17)5-13(14)10-20/h3-5,12,15,20-21H,6,8-10H2,1-2H3/t12-,15-/m1/s1. The van der Waals surface area contributed by atoms with E-state index in [-0.39, 0.29) is 18.4 Å². The molecule has 1 aliphatic heterocycles. The molecular weight excluding hydrogens is 282 g/mol. The summed E-state index contributed by atoms with van der Waals surface area (Å²) in [5.74, 6) is -0.134. The second kappa shape index (κ2) is 6.77. The highest BCUT2D eigenvalue weighted by Crippen LogP contribution is 2.29. The van der Waals surface area contributed by atoms with Crippen molar-refractivity contribution in [2.45, 2.75) is 19.1 Å². The van der Waals surface area contributed by atoms with Crippen molar-refractivity contribution in [3.05, 3.63) is 29.3 Å². The lowest BCUT2D eigenvalue weighted by atomic mass is 10.0. The molecule has 6 heteroatoms. The summed E-state index contributed by atoms with van der Waals surface area (Å²) in [6, 6.07) is 7.18. The Kier molecular flexibility index (Phi) is 5.01. The van der Waals surface area contributed by atoms with Crippen molar-refractivity contribution >= 4 is 11.6 Å². The molecule has 0 radical (unpaired) electrons. The van der Waals surface area contributed by atoms with Gasteiger partial charge in [-0.2, -0.15) is 5.26 Å². The summed E-state index contributed by atoms with van der Waals surface area (Å²) in [4.78, 5) is 15.3. The first-order chi connectivity index (χ1) is 10.5. The largest absolute Gasteiger partial charge is 0.392 e. The van der Waals surface area contributed by atoms with Crippen LogP contribution in [0, 0.1) is 17.2 Å². The fourth-order valence-corrected chi connectivity index (χ4v) is 2.75. The van der Waals surface area contributed by atoms with Crippen LogP contribution in [0.2, 0.25) is 0 Å². The zero-order valence-corrected chi connectivity index (χ0v) is 12.9. The molecule has 2 N–H and O–H groups in total. The second-order valence-electron chi connectivity index (χ2n) is 5.84. The molecule has 0 aromatic heterocycles. The minimum atomic E-state index is -0.578. The van der Waals surface area contributed by atoms with Gasteiger partial charge < -0.3 is 20.0 Å². The van der Waals surface area contributed by atoms with Crippen molar-refractivity contribution in [2.24, 2.45) is 5.92 Å². The Morgan fingerprint density at radius 3 is 2.77 bits per heavy atom. The van der Waals surface area contributed by atoms with Crippen LogP contribution in [0.4, 0.5) is 5.69 Å². The van der Waals surface area contributed by atoms with E-state index in [4.69, 9.17) is 5.26 Å². The van der Waals surface area contributed by atoms with Gasteiger partial charge in [0.25, 0.3) is 0 Å². The number of benzene rings is 1. The molecule has 0 bridgehead atoms. The molecule has 1 heterocycles. The lowest BCUT2D eigenvalue weighted by molar-refractivity contribution is -0.130. The number of nitrogens with zero attached hydrogens (tertiary/aromatic N) is 3. The van der Waals surface area contributed by atoms with Gasteiger partial charge in [0.15, 0.2) is 0 Å². The summed E-state index contributed by atoms with van der Waals surface area (Å²) in [5, 5.41) is 28.6. The van der Waals surface area contributed by atoms with Crippen molar-refractivity contribution in [3.8, 4) is 6.07 Å². The SMILES string of the molecule is CN(C)C(=O)C[C@@H]1CN(c2ccc(C#N)cc2CO)C[C@H]1O. The quantitative estimate of drug-likeness (QED) is 0.837. The topological polar surface area (TPSA) is 87.8 Å². The minimum Gasteiger partial charge on any atom is -0.392 e. The van der Waals surface area contributed by atoms with E-state index in [1.165, 1.54) is 4.90 Å². The van der Waals surface area contributed by atoms with Crippen LogP contribution in [0.15, 0.2) is 18.2 Å². The highest BCUT2D eigenvalue weighted by molar-refractivity contribution is 5.76. The first-order valence-electron chi connectivity index (χ1n) is 7.23. The third-order valence-electron chi connectivity index (χ3n) is 4.06. The van der Waals surface area contributed by atoms with Gasteiger partial charge in [-0.15, -0.1) is 0 Å². The molecule has 1 aromatic carbocycles. The highest BCUT2D eigenvalue weighted by atomic mass is 16.3. The number of nitriles is 1. The maximum atomic E-state index is 11.8. The summed E-state index contributed by atoms with van der Waals surface area (Å²) >= 11 is 0.